The predicted octanol–water partition coefficient (Wildman–Crippen LogP) is 5.64. The van der Waals surface area contributed by atoms with Gasteiger partial charge >= 0.3 is 18.2 Å². The fourth-order valence-electron chi connectivity index (χ4n) is 6.52. The second kappa shape index (κ2) is 10.3. The molecule has 0 N–H and O–H groups in total. The normalized spacial score (nSPS) is 26.3. The van der Waals surface area contributed by atoms with Gasteiger partial charge in [0.25, 0.3) is 0 Å². The Morgan fingerprint density at radius 3 is 2.33 bits per heavy atom. The molecule has 3 aliphatic rings. The second-order valence-corrected chi connectivity index (χ2v) is 13.0. The van der Waals surface area contributed by atoms with Crippen molar-refractivity contribution in [1.29, 1.82) is 0 Å². The van der Waals surface area contributed by atoms with E-state index < -0.39 is 41.4 Å². The number of fused-ring (bicyclic) bond motifs is 6. The summed E-state index contributed by atoms with van der Waals surface area (Å²) in [5, 5.41) is 1.05. The van der Waals surface area contributed by atoms with Crippen molar-refractivity contribution < 1.29 is 33.3 Å². The van der Waals surface area contributed by atoms with Gasteiger partial charge in [0.1, 0.15) is 23.2 Å². The van der Waals surface area contributed by atoms with E-state index in [1.807, 2.05) is 45.0 Å². The summed E-state index contributed by atoms with van der Waals surface area (Å²) < 4.78 is 23.9. The van der Waals surface area contributed by atoms with Crippen LogP contribution >= 0.6 is 0 Å². The Morgan fingerprint density at radius 1 is 0.950 bits per heavy atom. The third kappa shape index (κ3) is 5.36. The van der Waals surface area contributed by atoms with Gasteiger partial charge in [-0.1, -0.05) is 24.3 Å². The number of esters is 1. The lowest BCUT2D eigenvalue weighted by Crippen LogP contribution is -2.53. The third-order valence-corrected chi connectivity index (χ3v) is 7.95. The largest absolute Gasteiger partial charge is 0.509 e. The SMILES string of the molecule is COC(=O)[C@H]1[C@@H]2C[C@H]3c4c(c5ccccc5n4C(=O)OC(C)(C)C)CCN3C[C@@H]2C=C[C@@H]1OC(=O)OC(C)(C)C. The van der Waals surface area contributed by atoms with Gasteiger partial charge in [-0.3, -0.25) is 9.69 Å². The zero-order chi connectivity index (χ0) is 29.0. The maximum Gasteiger partial charge on any atom is 0.509 e. The molecule has 3 heterocycles. The molecule has 5 atom stereocenters. The van der Waals surface area contributed by atoms with Crippen LogP contribution in [0.2, 0.25) is 0 Å². The minimum Gasteiger partial charge on any atom is -0.469 e. The predicted molar refractivity (Wildman–Crippen MR) is 149 cm³/mol. The topological polar surface area (TPSA) is 96.3 Å². The fraction of sp³-hybridized carbons (Fsp3) is 0.581. The van der Waals surface area contributed by atoms with Crippen LogP contribution in [0.5, 0.6) is 0 Å². The lowest BCUT2D eigenvalue weighted by Gasteiger charge is -2.49. The maximum absolute atomic E-state index is 13.6. The first-order valence-electron chi connectivity index (χ1n) is 14.0. The van der Waals surface area contributed by atoms with Gasteiger partial charge < -0.3 is 18.9 Å². The highest BCUT2D eigenvalue weighted by Crippen LogP contribution is 2.49. The van der Waals surface area contributed by atoms with E-state index in [1.54, 1.807) is 31.4 Å². The number of aromatic nitrogens is 1. The molecule has 0 unspecified atom stereocenters. The van der Waals surface area contributed by atoms with Crippen LogP contribution in [0.15, 0.2) is 36.4 Å². The molecule has 0 bridgehead atoms. The van der Waals surface area contributed by atoms with Gasteiger partial charge in [-0.15, -0.1) is 0 Å². The smallest absolute Gasteiger partial charge is 0.469 e. The number of carbonyl (C=O) groups excluding carboxylic acids is 3. The van der Waals surface area contributed by atoms with E-state index in [9.17, 15) is 14.4 Å². The van der Waals surface area contributed by atoms with Crippen LogP contribution in [0.1, 0.15) is 65.3 Å². The molecule has 0 spiro atoms. The quantitative estimate of drug-likeness (QED) is 0.268. The van der Waals surface area contributed by atoms with E-state index in [4.69, 9.17) is 18.9 Å². The average Bonchev–Trinajstić information content (AvgIpc) is 3.20. The average molecular weight is 553 g/mol. The van der Waals surface area contributed by atoms with Gasteiger partial charge in [0.15, 0.2) is 0 Å². The molecule has 1 fully saturated rings. The highest BCUT2D eigenvalue weighted by atomic mass is 16.7. The van der Waals surface area contributed by atoms with E-state index in [-0.39, 0.29) is 17.9 Å². The summed E-state index contributed by atoms with van der Waals surface area (Å²) in [6.45, 7) is 12.4. The van der Waals surface area contributed by atoms with Crippen LogP contribution in [0, 0.1) is 17.8 Å². The second-order valence-electron chi connectivity index (χ2n) is 13.0. The van der Waals surface area contributed by atoms with Crippen LogP contribution in [-0.4, -0.2) is 65.2 Å². The zero-order valence-electron chi connectivity index (χ0n) is 24.4. The molecule has 5 rings (SSSR count). The molecule has 40 heavy (non-hydrogen) atoms. The molecule has 2 aromatic rings. The first kappa shape index (κ1) is 28.2. The first-order chi connectivity index (χ1) is 18.8. The van der Waals surface area contributed by atoms with Crippen molar-refractivity contribution in [2.24, 2.45) is 17.8 Å². The number of carbonyl (C=O) groups is 3. The molecule has 1 saturated heterocycles. The van der Waals surface area contributed by atoms with Crippen molar-refractivity contribution in [3.63, 3.8) is 0 Å². The lowest BCUT2D eigenvalue weighted by atomic mass is 9.67. The highest BCUT2D eigenvalue weighted by molar-refractivity contribution is 5.94. The van der Waals surface area contributed by atoms with E-state index >= 15 is 0 Å². The van der Waals surface area contributed by atoms with Crippen LogP contribution < -0.4 is 0 Å². The third-order valence-electron chi connectivity index (χ3n) is 7.95. The Kier molecular flexibility index (Phi) is 7.23. The van der Waals surface area contributed by atoms with E-state index in [0.29, 0.717) is 13.0 Å². The Bertz CT molecular complexity index is 1350. The van der Waals surface area contributed by atoms with Crippen LogP contribution in [0.3, 0.4) is 0 Å². The van der Waals surface area contributed by atoms with Crippen molar-refractivity contribution >= 4 is 29.1 Å². The standard InChI is InChI=1S/C31H40N2O7/c1-30(2,3)39-28(35)33-22-11-9-8-10-19(22)20-14-15-32-17-18-12-13-24(38-29(36)40-31(4,5)6)25(27(34)37-7)21(18)16-23(32)26(20)33/h8-13,18,21,23-25H,14-17H2,1-7H3/t18-,21+,23-,24-,25-/m0/s1. The van der Waals surface area contributed by atoms with Crippen molar-refractivity contribution in [2.45, 2.75) is 77.7 Å². The fourth-order valence-corrected chi connectivity index (χ4v) is 6.52. The summed E-state index contributed by atoms with van der Waals surface area (Å²) in [5.74, 6) is -1.22. The number of para-hydroxylation sites is 1. The number of rotatable bonds is 2. The molecule has 9 nitrogen and oxygen atoms in total. The number of hydrogen-bond donors (Lipinski definition) is 0. The van der Waals surface area contributed by atoms with Crippen molar-refractivity contribution in [3.8, 4) is 0 Å². The molecule has 0 saturated carbocycles. The van der Waals surface area contributed by atoms with Crippen molar-refractivity contribution in [2.75, 3.05) is 20.2 Å². The molecular formula is C31H40N2O7. The minimum absolute atomic E-state index is 0.0692. The Labute approximate surface area is 235 Å². The van der Waals surface area contributed by atoms with Gasteiger partial charge in [0.05, 0.1) is 24.4 Å². The van der Waals surface area contributed by atoms with Gasteiger partial charge in [-0.2, -0.15) is 0 Å². The molecule has 9 heteroatoms. The first-order valence-corrected chi connectivity index (χ1v) is 14.0. The molecule has 0 radical (unpaired) electrons. The van der Waals surface area contributed by atoms with Crippen LogP contribution in [0.4, 0.5) is 9.59 Å². The monoisotopic (exact) mass is 552 g/mol. The van der Waals surface area contributed by atoms with E-state index in [1.165, 1.54) is 7.11 Å². The number of hydrogen-bond acceptors (Lipinski definition) is 8. The van der Waals surface area contributed by atoms with Crippen molar-refractivity contribution in [3.05, 3.63) is 47.7 Å². The summed E-state index contributed by atoms with van der Waals surface area (Å²) in [4.78, 5) is 41.8. The van der Waals surface area contributed by atoms with E-state index in [2.05, 4.69) is 11.0 Å². The summed E-state index contributed by atoms with van der Waals surface area (Å²) in [7, 11) is 1.36. The lowest BCUT2D eigenvalue weighted by molar-refractivity contribution is -0.155. The zero-order valence-corrected chi connectivity index (χ0v) is 24.4. The molecule has 1 aromatic heterocycles. The molecule has 0 amide bonds. The Balaban J connectivity index is 1.53. The van der Waals surface area contributed by atoms with Gasteiger partial charge in [-0.25, -0.2) is 14.2 Å². The number of nitrogens with zero attached hydrogens (tertiary/aromatic N) is 2. The number of methoxy groups -OCH3 is 1. The van der Waals surface area contributed by atoms with Crippen molar-refractivity contribution in [1.82, 2.24) is 9.47 Å². The summed E-state index contributed by atoms with van der Waals surface area (Å²) >= 11 is 0. The Morgan fingerprint density at radius 2 is 1.65 bits per heavy atom. The molecule has 2 aliphatic heterocycles. The minimum atomic E-state index is -0.822. The van der Waals surface area contributed by atoms with Gasteiger partial charge in [-0.05, 0) is 83.9 Å². The molecule has 1 aromatic carbocycles. The number of benzene rings is 1. The summed E-state index contributed by atoms with van der Waals surface area (Å²) in [6, 6.07) is 7.82. The van der Waals surface area contributed by atoms with Gasteiger partial charge in [0.2, 0.25) is 0 Å². The summed E-state index contributed by atoms with van der Waals surface area (Å²) in [5.41, 5.74) is 1.51. The maximum atomic E-state index is 13.6. The Hall–Kier alpha value is -3.33. The van der Waals surface area contributed by atoms with Crippen LogP contribution in [0.25, 0.3) is 10.9 Å². The molecule has 1 aliphatic carbocycles. The van der Waals surface area contributed by atoms with Gasteiger partial charge in [0, 0.05) is 18.5 Å². The summed E-state index contributed by atoms with van der Waals surface area (Å²) in [6.07, 6.45) is 3.21. The number of ether oxygens (including phenoxy) is 4. The van der Waals surface area contributed by atoms with Crippen LogP contribution in [-0.2, 0) is 30.2 Å². The highest BCUT2D eigenvalue weighted by Gasteiger charge is 2.50. The molecule has 216 valence electrons. The molecular weight excluding hydrogens is 512 g/mol. The van der Waals surface area contributed by atoms with E-state index in [0.717, 1.165) is 35.1 Å². The number of piperidine rings is 1.